The van der Waals surface area contributed by atoms with E-state index in [-0.39, 0.29) is 5.78 Å². The maximum Gasteiger partial charge on any atom is 0.153 e. The number of Topliss-reactive ketones (excluding diaryl/α,β-unsaturated/α-hetero) is 1. The Labute approximate surface area is 92.9 Å². The Morgan fingerprint density at radius 3 is 2.88 bits per heavy atom. The van der Waals surface area contributed by atoms with Crippen LogP contribution in [0.2, 0.25) is 0 Å². The molecule has 1 fully saturated rings. The van der Waals surface area contributed by atoms with E-state index in [0.717, 1.165) is 23.3 Å². The Morgan fingerprint density at radius 2 is 2.06 bits per heavy atom. The summed E-state index contributed by atoms with van der Waals surface area (Å²) in [6.45, 7) is 1.22. The first-order chi connectivity index (χ1) is 7.83. The van der Waals surface area contributed by atoms with Crippen molar-refractivity contribution in [1.29, 1.82) is 0 Å². The average molecular weight is 213 g/mol. The van der Waals surface area contributed by atoms with E-state index in [2.05, 4.69) is 10.2 Å². The summed E-state index contributed by atoms with van der Waals surface area (Å²) in [5, 5.41) is 9.36. The molecule has 0 amide bonds. The quantitative estimate of drug-likeness (QED) is 0.718. The molecule has 1 saturated heterocycles. The van der Waals surface area contributed by atoms with Gasteiger partial charge >= 0.3 is 0 Å². The second-order valence-corrected chi connectivity index (χ2v) is 3.97. The van der Waals surface area contributed by atoms with E-state index < -0.39 is 0 Å². The summed E-state index contributed by atoms with van der Waals surface area (Å²) in [5.74, 6) is 1.07. The molecule has 0 saturated carbocycles. The average Bonchev–Trinajstić information content (AvgIpc) is 2.75. The van der Waals surface area contributed by atoms with Crippen LogP contribution in [0, 0.1) is 0 Å². The molecule has 2 aromatic rings. The third-order valence-corrected chi connectivity index (χ3v) is 2.83. The van der Waals surface area contributed by atoms with Gasteiger partial charge in [-0.3, -0.25) is 4.79 Å². The zero-order valence-electron chi connectivity index (χ0n) is 8.76. The fourth-order valence-corrected chi connectivity index (χ4v) is 1.95. The highest BCUT2D eigenvalue weighted by Crippen LogP contribution is 2.19. The minimum Gasteiger partial charge on any atom is -0.347 e. The van der Waals surface area contributed by atoms with Crippen LogP contribution in [-0.4, -0.2) is 29.1 Å². The predicted octanol–water partition coefficient (Wildman–Crippen LogP) is 1.41. The number of hydrogen-bond acceptors (Lipinski definition) is 4. The number of anilines is 1. The number of hydrogen-bond donors (Lipinski definition) is 0. The minimum absolute atomic E-state index is 0.273. The minimum atomic E-state index is 0.273. The normalized spacial score (nSPS) is 16.0. The van der Waals surface area contributed by atoms with E-state index >= 15 is 0 Å². The van der Waals surface area contributed by atoms with Gasteiger partial charge in [-0.25, -0.2) is 0 Å². The summed E-state index contributed by atoms with van der Waals surface area (Å²) in [6.07, 6.45) is 0.620. The number of fused-ring (bicyclic) bond motifs is 1. The maximum absolute atomic E-state index is 11.2. The van der Waals surface area contributed by atoms with E-state index in [1.807, 2.05) is 35.2 Å². The number of benzene rings is 1. The Balaban J connectivity index is 2.02. The Kier molecular flexibility index (Phi) is 2.06. The van der Waals surface area contributed by atoms with Gasteiger partial charge in [0.1, 0.15) is 0 Å². The molecule has 80 valence electrons. The molecule has 16 heavy (non-hydrogen) atoms. The highest BCUT2D eigenvalue weighted by Gasteiger charge is 2.20. The van der Waals surface area contributed by atoms with Crippen molar-refractivity contribution in [3.05, 3.63) is 30.3 Å². The lowest BCUT2D eigenvalue weighted by atomic mass is 10.2. The van der Waals surface area contributed by atoms with Gasteiger partial charge in [0.25, 0.3) is 0 Å². The van der Waals surface area contributed by atoms with E-state index in [9.17, 15) is 4.79 Å². The molecule has 0 spiro atoms. The standard InChI is InChI=1S/C12H11N3O/c16-10-5-6-15(8-10)12-7-9-3-1-2-4-11(9)13-14-12/h1-4,7H,5-6,8H2. The second-order valence-electron chi connectivity index (χ2n) is 3.97. The largest absolute Gasteiger partial charge is 0.347 e. The number of rotatable bonds is 1. The Hall–Kier alpha value is -1.97. The molecule has 0 unspecified atom stereocenters. The lowest BCUT2D eigenvalue weighted by molar-refractivity contribution is -0.116. The topological polar surface area (TPSA) is 46.1 Å². The van der Waals surface area contributed by atoms with Crippen LogP contribution in [0.25, 0.3) is 10.9 Å². The van der Waals surface area contributed by atoms with Crippen molar-refractivity contribution in [2.24, 2.45) is 0 Å². The fraction of sp³-hybridized carbons (Fsp3) is 0.250. The van der Waals surface area contributed by atoms with Crippen molar-refractivity contribution in [3.8, 4) is 0 Å². The fourth-order valence-electron chi connectivity index (χ4n) is 1.95. The van der Waals surface area contributed by atoms with Gasteiger partial charge in [0.2, 0.25) is 0 Å². The van der Waals surface area contributed by atoms with Gasteiger partial charge in [-0.1, -0.05) is 18.2 Å². The molecule has 0 N–H and O–H groups in total. The van der Waals surface area contributed by atoms with Crippen LogP contribution in [-0.2, 0) is 4.79 Å². The van der Waals surface area contributed by atoms with Gasteiger partial charge in [0, 0.05) is 18.4 Å². The predicted molar refractivity (Wildman–Crippen MR) is 61.4 cm³/mol. The van der Waals surface area contributed by atoms with E-state index in [0.29, 0.717) is 13.0 Å². The SMILES string of the molecule is O=C1CCN(c2cc3ccccc3nn2)C1. The third-order valence-electron chi connectivity index (χ3n) is 2.83. The molecule has 2 heterocycles. The molecule has 0 radical (unpaired) electrons. The Morgan fingerprint density at radius 1 is 1.19 bits per heavy atom. The number of carbonyl (C=O) groups excluding carboxylic acids is 1. The zero-order valence-corrected chi connectivity index (χ0v) is 8.76. The van der Waals surface area contributed by atoms with Crippen LogP contribution in [0.15, 0.2) is 30.3 Å². The molecule has 1 aromatic carbocycles. The first kappa shape index (κ1) is 9.27. The van der Waals surface area contributed by atoms with E-state index in [1.165, 1.54) is 0 Å². The van der Waals surface area contributed by atoms with Gasteiger partial charge in [-0.15, -0.1) is 10.2 Å². The zero-order chi connectivity index (χ0) is 11.0. The number of nitrogens with zero attached hydrogens (tertiary/aromatic N) is 3. The summed E-state index contributed by atoms with van der Waals surface area (Å²) in [6, 6.07) is 9.84. The summed E-state index contributed by atoms with van der Waals surface area (Å²) in [7, 11) is 0. The van der Waals surface area contributed by atoms with Crippen LogP contribution < -0.4 is 4.90 Å². The molecule has 3 rings (SSSR count). The lowest BCUT2D eigenvalue weighted by Gasteiger charge is -2.14. The molecule has 0 aliphatic carbocycles. The van der Waals surface area contributed by atoms with Crippen LogP contribution in [0.4, 0.5) is 5.82 Å². The van der Waals surface area contributed by atoms with Crippen molar-refractivity contribution in [1.82, 2.24) is 10.2 Å². The molecular formula is C12H11N3O. The van der Waals surface area contributed by atoms with Gasteiger partial charge in [0.15, 0.2) is 11.6 Å². The molecule has 1 aromatic heterocycles. The molecule has 0 atom stereocenters. The highest BCUT2D eigenvalue weighted by molar-refractivity contribution is 5.88. The smallest absolute Gasteiger partial charge is 0.153 e. The second kappa shape index (κ2) is 3.56. The van der Waals surface area contributed by atoms with Crippen molar-refractivity contribution in [2.75, 3.05) is 18.0 Å². The number of carbonyl (C=O) groups is 1. The van der Waals surface area contributed by atoms with Gasteiger partial charge in [-0.2, -0.15) is 0 Å². The third kappa shape index (κ3) is 1.52. The molecule has 1 aliphatic heterocycles. The van der Waals surface area contributed by atoms with E-state index in [1.54, 1.807) is 0 Å². The molecule has 4 nitrogen and oxygen atoms in total. The summed E-state index contributed by atoms with van der Waals surface area (Å²) in [5.41, 5.74) is 0.886. The van der Waals surface area contributed by atoms with Crippen molar-refractivity contribution in [3.63, 3.8) is 0 Å². The first-order valence-electron chi connectivity index (χ1n) is 5.32. The molecule has 1 aliphatic rings. The van der Waals surface area contributed by atoms with E-state index in [4.69, 9.17) is 0 Å². The van der Waals surface area contributed by atoms with Crippen molar-refractivity contribution in [2.45, 2.75) is 6.42 Å². The molecule has 0 bridgehead atoms. The first-order valence-corrected chi connectivity index (χ1v) is 5.32. The summed E-state index contributed by atoms with van der Waals surface area (Å²) >= 11 is 0. The van der Waals surface area contributed by atoms with Crippen molar-refractivity contribution >= 4 is 22.5 Å². The lowest BCUT2D eigenvalue weighted by Crippen LogP contribution is -2.20. The van der Waals surface area contributed by atoms with Gasteiger partial charge in [-0.05, 0) is 12.1 Å². The molecular weight excluding hydrogens is 202 g/mol. The monoisotopic (exact) mass is 213 g/mol. The maximum atomic E-state index is 11.2. The van der Waals surface area contributed by atoms with Crippen LogP contribution >= 0.6 is 0 Å². The number of ketones is 1. The van der Waals surface area contributed by atoms with Gasteiger partial charge in [0.05, 0.1) is 12.1 Å². The van der Waals surface area contributed by atoms with Crippen LogP contribution in [0.5, 0.6) is 0 Å². The van der Waals surface area contributed by atoms with Crippen molar-refractivity contribution < 1.29 is 4.79 Å². The molecule has 4 heteroatoms. The Bertz CT molecular complexity index is 553. The summed E-state index contributed by atoms with van der Waals surface area (Å²) < 4.78 is 0. The van der Waals surface area contributed by atoms with Crippen LogP contribution in [0.3, 0.4) is 0 Å². The van der Waals surface area contributed by atoms with Crippen LogP contribution in [0.1, 0.15) is 6.42 Å². The van der Waals surface area contributed by atoms with Gasteiger partial charge < -0.3 is 4.90 Å². The summed E-state index contributed by atoms with van der Waals surface area (Å²) in [4.78, 5) is 13.2. The highest BCUT2D eigenvalue weighted by atomic mass is 16.1. The number of aromatic nitrogens is 2.